The first-order chi connectivity index (χ1) is 14.7. The van der Waals surface area contributed by atoms with Crippen LogP contribution in [0.5, 0.6) is 17.2 Å². The van der Waals surface area contributed by atoms with Crippen LogP contribution >= 0.6 is 11.6 Å². The highest BCUT2D eigenvalue weighted by Crippen LogP contribution is 2.39. The molecule has 0 amide bonds. The fourth-order valence-corrected chi connectivity index (χ4v) is 5.16. The van der Waals surface area contributed by atoms with Crippen molar-refractivity contribution in [1.29, 1.82) is 0 Å². The maximum atomic E-state index is 13.3. The lowest BCUT2D eigenvalue weighted by molar-refractivity contribution is -0.136. The minimum atomic E-state index is -3.81. The molecule has 0 spiro atoms. The Morgan fingerprint density at radius 2 is 1.65 bits per heavy atom. The van der Waals surface area contributed by atoms with Gasteiger partial charge in [-0.15, -0.1) is 0 Å². The molecule has 3 aromatic carbocycles. The van der Waals surface area contributed by atoms with Crippen molar-refractivity contribution >= 4 is 27.4 Å². The highest BCUT2D eigenvalue weighted by atomic mass is 35.5. The summed E-state index contributed by atoms with van der Waals surface area (Å²) >= 11 is 6.23. The zero-order valence-electron chi connectivity index (χ0n) is 17.0. The van der Waals surface area contributed by atoms with Crippen LogP contribution < -0.4 is 9.47 Å². The standard InChI is InChI=1S/C23H21ClO6S/c1-15-18(24)9-11-20(23(15)31(27,28)14-16-6-4-3-5-7-16)30-21-12-17(13-22(25)26)8-10-19(21)29-2/h3-12H,13-14H2,1-2H3,(H,25,26). The fraction of sp³-hybridized carbons (Fsp3) is 0.174. The van der Waals surface area contributed by atoms with Gasteiger partial charge in [0.1, 0.15) is 10.6 Å². The zero-order valence-corrected chi connectivity index (χ0v) is 18.5. The predicted molar refractivity (Wildman–Crippen MR) is 118 cm³/mol. The predicted octanol–water partition coefficient (Wildman–Crippen LogP) is 5.05. The van der Waals surface area contributed by atoms with Gasteiger partial charge < -0.3 is 14.6 Å². The van der Waals surface area contributed by atoms with E-state index in [0.717, 1.165) is 0 Å². The van der Waals surface area contributed by atoms with Gasteiger partial charge in [-0.05, 0) is 47.9 Å². The first-order valence-corrected chi connectivity index (χ1v) is 11.4. The molecule has 0 saturated carbocycles. The van der Waals surface area contributed by atoms with Gasteiger partial charge in [-0.2, -0.15) is 0 Å². The molecule has 8 heteroatoms. The van der Waals surface area contributed by atoms with Crippen LogP contribution in [0, 0.1) is 6.92 Å². The van der Waals surface area contributed by atoms with Crippen LogP contribution in [-0.2, 0) is 26.8 Å². The maximum absolute atomic E-state index is 13.3. The van der Waals surface area contributed by atoms with E-state index >= 15 is 0 Å². The van der Waals surface area contributed by atoms with Gasteiger partial charge in [0.2, 0.25) is 0 Å². The number of ether oxygens (including phenoxy) is 2. The Labute approximate surface area is 185 Å². The largest absolute Gasteiger partial charge is 0.493 e. The molecule has 6 nitrogen and oxygen atoms in total. The van der Waals surface area contributed by atoms with Crippen LogP contribution in [0.2, 0.25) is 5.02 Å². The fourth-order valence-electron chi connectivity index (χ4n) is 3.18. The summed E-state index contributed by atoms with van der Waals surface area (Å²) in [7, 11) is -2.37. The van der Waals surface area contributed by atoms with Gasteiger partial charge in [0.25, 0.3) is 0 Å². The summed E-state index contributed by atoms with van der Waals surface area (Å²) in [5, 5.41) is 9.36. The van der Waals surface area contributed by atoms with E-state index < -0.39 is 15.8 Å². The Kier molecular flexibility index (Phi) is 6.87. The molecule has 0 aliphatic carbocycles. The Balaban J connectivity index is 2.07. The number of aliphatic carboxylic acids is 1. The molecule has 3 aromatic rings. The molecule has 162 valence electrons. The third-order valence-electron chi connectivity index (χ3n) is 4.62. The molecule has 0 atom stereocenters. The summed E-state index contributed by atoms with van der Waals surface area (Å²) in [5.74, 6) is -0.581. The van der Waals surface area contributed by atoms with Crippen LogP contribution in [0.3, 0.4) is 0 Å². The van der Waals surface area contributed by atoms with E-state index in [-0.39, 0.29) is 28.6 Å². The third kappa shape index (κ3) is 5.37. The second kappa shape index (κ2) is 9.41. The highest BCUT2D eigenvalue weighted by Gasteiger charge is 2.25. The molecule has 0 radical (unpaired) electrons. The lowest BCUT2D eigenvalue weighted by Crippen LogP contribution is -2.09. The normalized spacial score (nSPS) is 11.2. The van der Waals surface area contributed by atoms with E-state index in [9.17, 15) is 13.2 Å². The zero-order chi connectivity index (χ0) is 22.6. The van der Waals surface area contributed by atoms with Crippen LogP contribution in [0.4, 0.5) is 0 Å². The SMILES string of the molecule is COc1ccc(CC(=O)O)cc1Oc1ccc(Cl)c(C)c1S(=O)(=O)Cc1ccccc1. The molecular formula is C23H21ClO6S. The number of carboxylic acids is 1. The van der Waals surface area contributed by atoms with Crippen molar-refractivity contribution in [2.24, 2.45) is 0 Å². The van der Waals surface area contributed by atoms with Crippen LogP contribution in [0.1, 0.15) is 16.7 Å². The summed E-state index contributed by atoms with van der Waals surface area (Å²) in [6.07, 6.45) is -0.209. The van der Waals surface area contributed by atoms with Gasteiger partial charge in [-0.3, -0.25) is 4.79 Å². The molecule has 0 saturated heterocycles. The van der Waals surface area contributed by atoms with Crippen molar-refractivity contribution in [3.8, 4) is 17.2 Å². The molecule has 0 unspecified atom stereocenters. The molecule has 31 heavy (non-hydrogen) atoms. The second-order valence-corrected chi connectivity index (χ2v) is 9.24. The van der Waals surface area contributed by atoms with Crippen molar-refractivity contribution in [3.05, 3.63) is 82.4 Å². The van der Waals surface area contributed by atoms with E-state index in [1.165, 1.54) is 19.2 Å². The van der Waals surface area contributed by atoms with E-state index in [1.807, 2.05) is 6.07 Å². The Hall–Kier alpha value is -3.03. The quantitative estimate of drug-likeness (QED) is 0.506. The number of benzene rings is 3. The summed E-state index contributed by atoms with van der Waals surface area (Å²) in [6.45, 7) is 1.62. The molecule has 1 N–H and O–H groups in total. The lowest BCUT2D eigenvalue weighted by atomic mass is 10.1. The lowest BCUT2D eigenvalue weighted by Gasteiger charge is -2.17. The van der Waals surface area contributed by atoms with Crippen LogP contribution in [0.25, 0.3) is 0 Å². The molecule has 0 bridgehead atoms. The van der Waals surface area contributed by atoms with Gasteiger partial charge in [0.15, 0.2) is 21.3 Å². The number of sulfone groups is 1. The number of rotatable bonds is 8. The topological polar surface area (TPSA) is 89.9 Å². The van der Waals surface area contributed by atoms with Gasteiger partial charge in [-0.1, -0.05) is 48.0 Å². The monoisotopic (exact) mass is 460 g/mol. The first kappa shape index (κ1) is 22.7. The smallest absolute Gasteiger partial charge is 0.307 e. The van der Waals surface area contributed by atoms with Crippen molar-refractivity contribution < 1.29 is 27.8 Å². The van der Waals surface area contributed by atoms with Gasteiger partial charge in [0, 0.05) is 5.02 Å². The number of carboxylic acid groups (broad SMARTS) is 1. The minimum absolute atomic E-state index is 0.0189. The Morgan fingerprint density at radius 1 is 0.968 bits per heavy atom. The minimum Gasteiger partial charge on any atom is -0.493 e. The van der Waals surface area contributed by atoms with Crippen LogP contribution in [-0.4, -0.2) is 26.6 Å². The number of halogens is 1. The van der Waals surface area contributed by atoms with E-state index in [2.05, 4.69) is 0 Å². The third-order valence-corrected chi connectivity index (χ3v) is 6.87. The summed E-state index contributed by atoms with van der Waals surface area (Å²) < 4.78 is 37.9. The van der Waals surface area contributed by atoms with E-state index in [4.69, 9.17) is 26.2 Å². The molecule has 0 aliphatic rings. The average Bonchev–Trinajstić information content (AvgIpc) is 2.71. The van der Waals surface area contributed by atoms with Crippen molar-refractivity contribution in [3.63, 3.8) is 0 Å². The van der Waals surface area contributed by atoms with Crippen LogP contribution in [0.15, 0.2) is 65.6 Å². The van der Waals surface area contributed by atoms with Gasteiger partial charge in [-0.25, -0.2) is 8.42 Å². The molecule has 3 rings (SSSR count). The summed E-state index contributed by atoms with van der Waals surface area (Å²) in [5.41, 5.74) is 1.49. The molecule has 0 heterocycles. The van der Waals surface area contributed by atoms with Crippen molar-refractivity contribution in [1.82, 2.24) is 0 Å². The number of carbonyl (C=O) groups is 1. The summed E-state index contributed by atoms with van der Waals surface area (Å²) in [6, 6.07) is 16.6. The summed E-state index contributed by atoms with van der Waals surface area (Å²) in [4.78, 5) is 11.0. The van der Waals surface area contributed by atoms with E-state index in [0.29, 0.717) is 27.5 Å². The molecular weight excluding hydrogens is 440 g/mol. The van der Waals surface area contributed by atoms with Gasteiger partial charge >= 0.3 is 5.97 Å². The number of hydrogen-bond donors (Lipinski definition) is 1. The van der Waals surface area contributed by atoms with E-state index in [1.54, 1.807) is 49.4 Å². The molecule has 0 fully saturated rings. The Morgan fingerprint density at radius 3 is 2.29 bits per heavy atom. The maximum Gasteiger partial charge on any atom is 0.307 e. The van der Waals surface area contributed by atoms with Gasteiger partial charge in [0.05, 0.1) is 19.3 Å². The first-order valence-electron chi connectivity index (χ1n) is 9.33. The second-order valence-electron chi connectivity index (χ2n) is 6.90. The highest BCUT2D eigenvalue weighted by molar-refractivity contribution is 7.90. The van der Waals surface area contributed by atoms with Crippen molar-refractivity contribution in [2.75, 3.05) is 7.11 Å². The number of hydrogen-bond acceptors (Lipinski definition) is 5. The molecule has 0 aliphatic heterocycles. The molecule has 0 aromatic heterocycles. The average molecular weight is 461 g/mol. The number of methoxy groups -OCH3 is 1. The Bertz CT molecular complexity index is 1210. The van der Waals surface area contributed by atoms with Crippen molar-refractivity contribution in [2.45, 2.75) is 24.0 Å².